The molecule has 0 saturated carbocycles. The van der Waals surface area contributed by atoms with Crippen molar-refractivity contribution >= 4 is 17.3 Å². The third-order valence-electron chi connectivity index (χ3n) is 2.87. The zero-order valence-electron chi connectivity index (χ0n) is 10.7. The maximum Gasteiger partial charge on any atom is 0.276 e. The Labute approximate surface area is 120 Å². The number of nitro groups is 1. The summed E-state index contributed by atoms with van der Waals surface area (Å²) >= 11 is 5.92. The molecule has 0 radical (unpaired) electrons. The largest absolute Gasteiger partial charge is 0.508 e. The Morgan fingerprint density at radius 3 is 2.75 bits per heavy atom. The number of ether oxygens (including phenoxy) is 1. The molecule has 1 N–H and O–H groups in total. The van der Waals surface area contributed by atoms with Crippen LogP contribution in [0.4, 0.5) is 5.69 Å². The molecule has 0 unspecified atom stereocenters. The van der Waals surface area contributed by atoms with Gasteiger partial charge in [0.2, 0.25) is 0 Å². The van der Waals surface area contributed by atoms with Crippen molar-refractivity contribution in [2.45, 2.75) is 13.5 Å². The van der Waals surface area contributed by atoms with Gasteiger partial charge in [0.05, 0.1) is 15.5 Å². The number of nitrogens with zero attached hydrogens (tertiary/aromatic N) is 1. The number of hydrogen-bond donors (Lipinski definition) is 1. The standard InChI is InChI=1S/C14H12ClNO4/c1-9-3-2-4-13(16(18)19)11(9)8-20-14-6-5-10(17)7-12(14)15/h2-7,17H,8H2,1H3. The first kappa shape index (κ1) is 14.1. The first-order valence-corrected chi connectivity index (χ1v) is 6.21. The molecule has 0 bridgehead atoms. The van der Waals surface area contributed by atoms with Crippen LogP contribution in [0.3, 0.4) is 0 Å². The van der Waals surface area contributed by atoms with E-state index in [4.69, 9.17) is 16.3 Å². The van der Waals surface area contributed by atoms with Gasteiger partial charge in [0.15, 0.2) is 0 Å². The third-order valence-corrected chi connectivity index (χ3v) is 3.17. The third kappa shape index (κ3) is 3.00. The van der Waals surface area contributed by atoms with E-state index < -0.39 is 4.92 Å². The molecule has 0 aliphatic carbocycles. The molecule has 0 amide bonds. The second kappa shape index (κ2) is 5.79. The van der Waals surface area contributed by atoms with Crippen LogP contribution in [0.15, 0.2) is 36.4 Å². The molecule has 0 atom stereocenters. The van der Waals surface area contributed by atoms with Crippen molar-refractivity contribution in [2.24, 2.45) is 0 Å². The Kier molecular flexibility index (Phi) is 4.10. The van der Waals surface area contributed by atoms with Gasteiger partial charge in [-0.3, -0.25) is 10.1 Å². The molecular formula is C14H12ClNO4. The van der Waals surface area contributed by atoms with Crippen molar-refractivity contribution in [3.63, 3.8) is 0 Å². The molecule has 5 nitrogen and oxygen atoms in total. The molecular weight excluding hydrogens is 282 g/mol. The SMILES string of the molecule is Cc1cccc([N+](=O)[O-])c1COc1ccc(O)cc1Cl. The number of benzene rings is 2. The summed E-state index contributed by atoms with van der Waals surface area (Å²) in [6, 6.07) is 9.15. The van der Waals surface area contributed by atoms with E-state index in [0.29, 0.717) is 11.3 Å². The zero-order valence-corrected chi connectivity index (χ0v) is 11.4. The minimum absolute atomic E-state index is 0.0138. The van der Waals surface area contributed by atoms with E-state index in [1.165, 1.54) is 24.3 Å². The Hall–Kier alpha value is -2.27. The summed E-state index contributed by atoms with van der Waals surface area (Å²) < 4.78 is 5.50. The summed E-state index contributed by atoms with van der Waals surface area (Å²) in [6.45, 7) is 1.82. The summed E-state index contributed by atoms with van der Waals surface area (Å²) in [4.78, 5) is 10.5. The highest BCUT2D eigenvalue weighted by atomic mass is 35.5. The first-order chi connectivity index (χ1) is 9.49. The highest BCUT2D eigenvalue weighted by Gasteiger charge is 2.16. The van der Waals surface area contributed by atoms with Crippen LogP contribution < -0.4 is 4.74 Å². The van der Waals surface area contributed by atoms with Gasteiger partial charge in [0.25, 0.3) is 5.69 Å². The van der Waals surface area contributed by atoms with Crippen molar-refractivity contribution in [3.05, 3.63) is 62.7 Å². The van der Waals surface area contributed by atoms with Gasteiger partial charge >= 0.3 is 0 Å². The monoisotopic (exact) mass is 293 g/mol. The fourth-order valence-corrected chi connectivity index (χ4v) is 2.03. The Morgan fingerprint density at radius 1 is 1.35 bits per heavy atom. The highest BCUT2D eigenvalue weighted by molar-refractivity contribution is 6.32. The van der Waals surface area contributed by atoms with E-state index in [0.717, 1.165) is 5.56 Å². The van der Waals surface area contributed by atoms with Gasteiger partial charge in [-0.1, -0.05) is 23.7 Å². The van der Waals surface area contributed by atoms with Crippen molar-refractivity contribution < 1.29 is 14.8 Å². The normalized spacial score (nSPS) is 10.3. The smallest absolute Gasteiger partial charge is 0.276 e. The lowest BCUT2D eigenvalue weighted by Gasteiger charge is -2.10. The predicted molar refractivity (Wildman–Crippen MR) is 75.3 cm³/mol. The minimum atomic E-state index is -0.440. The van der Waals surface area contributed by atoms with Crippen LogP contribution in [-0.4, -0.2) is 10.0 Å². The summed E-state index contributed by atoms with van der Waals surface area (Å²) in [5.41, 5.74) is 1.29. The average Bonchev–Trinajstić information content (AvgIpc) is 2.38. The minimum Gasteiger partial charge on any atom is -0.508 e. The Morgan fingerprint density at radius 2 is 2.10 bits per heavy atom. The number of aryl methyl sites for hydroxylation is 1. The average molecular weight is 294 g/mol. The van der Waals surface area contributed by atoms with Gasteiger partial charge in [-0.15, -0.1) is 0 Å². The van der Waals surface area contributed by atoms with Crippen LogP contribution in [0.5, 0.6) is 11.5 Å². The molecule has 0 aromatic heterocycles. The molecule has 2 aromatic rings. The number of phenolic OH excluding ortho intramolecular Hbond substituents is 1. The van der Waals surface area contributed by atoms with Crippen LogP contribution in [0.2, 0.25) is 5.02 Å². The fourth-order valence-electron chi connectivity index (χ4n) is 1.80. The summed E-state index contributed by atoms with van der Waals surface area (Å²) in [6.07, 6.45) is 0. The highest BCUT2D eigenvalue weighted by Crippen LogP contribution is 2.30. The van der Waals surface area contributed by atoms with E-state index in [-0.39, 0.29) is 23.1 Å². The molecule has 2 aromatic carbocycles. The summed E-state index contributed by atoms with van der Waals surface area (Å²) in [5, 5.41) is 20.5. The van der Waals surface area contributed by atoms with E-state index in [9.17, 15) is 15.2 Å². The van der Waals surface area contributed by atoms with Crippen LogP contribution in [0.1, 0.15) is 11.1 Å². The van der Waals surface area contributed by atoms with E-state index >= 15 is 0 Å². The number of halogens is 1. The number of aromatic hydroxyl groups is 1. The fraction of sp³-hybridized carbons (Fsp3) is 0.143. The van der Waals surface area contributed by atoms with Gasteiger partial charge in [0, 0.05) is 12.1 Å². The lowest BCUT2D eigenvalue weighted by molar-refractivity contribution is -0.385. The van der Waals surface area contributed by atoms with Crippen molar-refractivity contribution in [1.82, 2.24) is 0 Å². The number of hydrogen-bond acceptors (Lipinski definition) is 4. The van der Waals surface area contributed by atoms with Crippen molar-refractivity contribution in [1.29, 1.82) is 0 Å². The van der Waals surface area contributed by atoms with E-state index in [1.54, 1.807) is 19.1 Å². The number of phenols is 1. The summed E-state index contributed by atoms with van der Waals surface area (Å²) in [7, 11) is 0. The second-order valence-electron chi connectivity index (χ2n) is 4.23. The molecule has 0 aliphatic rings. The zero-order chi connectivity index (χ0) is 14.7. The number of nitro benzene ring substituents is 1. The van der Waals surface area contributed by atoms with Crippen molar-refractivity contribution in [2.75, 3.05) is 0 Å². The molecule has 104 valence electrons. The molecule has 0 saturated heterocycles. The molecule has 20 heavy (non-hydrogen) atoms. The van der Waals surface area contributed by atoms with Gasteiger partial charge in [0.1, 0.15) is 18.1 Å². The van der Waals surface area contributed by atoms with Crippen LogP contribution in [0, 0.1) is 17.0 Å². The first-order valence-electron chi connectivity index (χ1n) is 5.83. The number of rotatable bonds is 4. The van der Waals surface area contributed by atoms with E-state index in [1.807, 2.05) is 0 Å². The topological polar surface area (TPSA) is 72.6 Å². The molecule has 0 heterocycles. The Balaban J connectivity index is 2.25. The lowest BCUT2D eigenvalue weighted by atomic mass is 10.1. The lowest BCUT2D eigenvalue weighted by Crippen LogP contribution is -2.03. The molecule has 2 rings (SSSR count). The molecule has 0 aliphatic heterocycles. The van der Waals surface area contributed by atoms with Gasteiger partial charge in [-0.05, 0) is 24.6 Å². The predicted octanol–water partition coefficient (Wildman–Crippen LogP) is 3.84. The van der Waals surface area contributed by atoms with Crippen LogP contribution in [-0.2, 0) is 6.61 Å². The van der Waals surface area contributed by atoms with Gasteiger partial charge < -0.3 is 9.84 Å². The molecule has 0 spiro atoms. The molecule has 0 fully saturated rings. The maximum atomic E-state index is 11.0. The van der Waals surface area contributed by atoms with Gasteiger partial charge in [-0.25, -0.2) is 0 Å². The summed E-state index contributed by atoms with van der Waals surface area (Å²) in [5.74, 6) is 0.395. The maximum absolute atomic E-state index is 11.0. The quantitative estimate of drug-likeness (QED) is 0.686. The molecule has 6 heteroatoms. The van der Waals surface area contributed by atoms with Gasteiger partial charge in [-0.2, -0.15) is 0 Å². The van der Waals surface area contributed by atoms with Crippen LogP contribution >= 0.6 is 11.6 Å². The van der Waals surface area contributed by atoms with Crippen molar-refractivity contribution in [3.8, 4) is 11.5 Å². The Bertz CT molecular complexity index is 658. The van der Waals surface area contributed by atoms with Crippen LogP contribution in [0.25, 0.3) is 0 Å². The second-order valence-corrected chi connectivity index (χ2v) is 4.64. The van der Waals surface area contributed by atoms with E-state index in [2.05, 4.69) is 0 Å².